The Morgan fingerprint density at radius 3 is 2.66 bits per heavy atom. The molecule has 2 aromatic heterocycles. The molecule has 0 spiro atoms. The molecule has 1 saturated carbocycles. The van der Waals surface area contributed by atoms with Crippen LogP contribution in [0.15, 0.2) is 48.8 Å². The van der Waals surface area contributed by atoms with Crippen LogP contribution >= 0.6 is 0 Å². The van der Waals surface area contributed by atoms with Gasteiger partial charge in [-0.2, -0.15) is 0 Å². The third kappa shape index (κ3) is 4.18. The van der Waals surface area contributed by atoms with E-state index in [2.05, 4.69) is 15.3 Å². The highest BCUT2D eigenvalue weighted by atomic mass is 19.1. The van der Waals surface area contributed by atoms with E-state index >= 15 is 0 Å². The lowest BCUT2D eigenvalue weighted by Gasteiger charge is -2.43. The molecule has 0 unspecified atom stereocenters. The fraction of sp³-hybridized carbons (Fsp3) is 0.320. The normalized spacial score (nSPS) is 25.8. The lowest BCUT2D eigenvalue weighted by atomic mass is 9.84. The predicted molar refractivity (Wildman–Crippen MR) is 119 cm³/mol. The zero-order valence-electron chi connectivity index (χ0n) is 18.4. The second-order valence-electron chi connectivity index (χ2n) is 8.79. The topological polar surface area (TPSA) is 105 Å². The highest BCUT2D eigenvalue weighted by Gasteiger charge is 2.52. The first-order chi connectivity index (χ1) is 16.8. The Kier molecular flexibility index (Phi) is 6.04. The van der Waals surface area contributed by atoms with E-state index in [9.17, 15) is 28.2 Å². The van der Waals surface area contributed by atoms with Gasteiger partial charge in [-0.3, -0.25) is 9.78 Å². The number of hydrogen-bond acceptors (Lipinski definition) is 6. The number of rotatable bonds is 4. The number of aromatic nitrogens is 2. The minimum atomic E-state index is -1.29. The van der Waals surface area contributed by atoms with Gasteiger partial charge in [0.1, 0.15) is 34.4 Å². The Morgan fingerprint density at radius 1 is 1.11 bits per heavy atom. The summed E-state index contributed by atoms with van der Waals surface area (Å²) in [6.07, 6.45) is 2.64. The molecule has 3 aromatic rings. The van der Waals surface area contributed by atoms with Crippen LogP contribution in [-0.4, -0.2) is 43.9 Å². The zero-order chi connectivity index (χ0) is 24.7. The van der Waals surface area contributed by atoms with Gasteiger partial charge in [-0.15, -0.1) is 0 Å². The summed E-state index contributed by atoms with van der Waals surface area (Å²) in [5.74, 6) is -3.76. The summed E-state index contributed by atoms with van der Waals surface area (Å²) >= 11 is 0. The first kappa shape index (κ1) is 23.4. The van der Waals surface area contributed by atoms with Crippen molar-refractivity contribution in [1.82, 2.24) is 9.97 Å². The van der Waals surface area contributed by atoms with Crippen molar-refractivity contribution >= 4 is 11.6 Å². The van der Waals surface area contributed by atoms with Crippen LogP contribution < -0.4 is 5.32 Å². The van der Waals surface area contributed by atoms with Gasteiger partial charge >= 0.3 is 0 Å². The first-order valence-electron chi connectivity index (χ1n) is 11.2. The smallest absolute Gasteiger partial charge is 0.274 e. The van der Waals surface area contributed by atoms with Crippen LogP contribution in [0.1, 0.15) is 47.8 Å². The van der Waals surface area contributed by atoms with Crippen molar-refractivity contribution in [2.75, 3.05) is 5.32 Å². The summed E-state index contributed by atoms with van der Waals surface area (Å²) in [6.45, 7) is 0. The monoisotopic (exact) mass is 485 g/mol. The quantitative estimate of drug-likeness (QED) is 0.518. The number of aliphatic hydroxyl groups excluding tert-OH is 1. The lowest BCUT2D eigenvalue weighted by molar-refractivity contribution is -0.215. The molecule has 2 fully saturated rings. The summed E-state index contributed by atoms with van der Waals surface area (Å²) in [7, 11) is 0. The van der Waals surface area contributed by atoms with Crippen molar-refractivity contribution in [1.29, 1.82) is 0 Å². The van der Waals surface area contributed by atoms with Crippen molar-refractivity contribution in [2.45, 2.75) is 49.6 Å². The van der Waals surface area contributed by atoms with Crippen LogP contribution in [-0.2, 0) is 4.74 Å². The van der Waals surface area contributed by atoms with Gasteiger partial charge in [-0.05, 0) is 49.6 Å². The number of amides is 1. The molecule has 2 aliphatic rings. The minimum absolute atomic E-state index is 0.116. The Balaban J connectivity index is 1.42. The largest absolute Gasteiger partial charge is 0.390 e. The maximum absolute atomic E-state index is 14.4. The van der Waals surface area contributed by atoms with E-state index in [0.29, 0.717) is 18.4 Å². The molecule has 10 heteroatoms. The molecule has 0 bridgehead atoms. The zero-order valence-corrected chi connectivity index (χ0v) is 18.4. The summed E-state index contributed by atoms with van der Waals surface area (Å²) < 4.78 is 48.9. The SMILES string of the molecule is O=C(Nc1cnccc1[C@@H]1C[C@H](O)[C@]2(O)CCC[C@@H]2O1)c1ccc(F)c(-c2c(F)cccc2F)n1. The van der Waals surface area contributed by atoms with Gasteiger partial charge in [0.25, 0.3) is 5.91 Å². The molecule has 1 amide bonds. The number of benzene rings is 1. The van der Waals surface area contributed by atoms with E-state index < -0.39 is 58.5 Å². The van der Waals surface area contributed by atoms with Crippen molar-refractivity contribution < 1.29 is 32.9 Å². The summed E-state index contributed by atoms with van der Waals surface area (Å²) in [5, 5.41) is 24.0. The Morgan fingerprint density at radius 2 is 1.89 bits per heavy atom. The molecule has 1 saturated heterocycles. The molecule has 35 heavy (non-hydrogen) atoms. The van der Waals surface area contributed by atoms with E-state index in [1.807, 2.05) is 0 Å². The second kappa shape index (κ2) is 9.03. The van der Waals surface area contributed by atoms with E-state index in [4.69, 9.17) is 4.74 Å². The summed E-state index contributed by atoms with van der Waals surface area (Å²) in [5.41, 5.74) is -2.06. The van der Waals surface area contributed by atoms with Gasteiger partial charge < -0.3 is 20.3 Å². The molecule has 1 aliphatic carbocycles. The highest BCUT2D eigenvalue weighted by Crippen LogP contribution is 2.46. The molecule has 5 rings (SSSR count). The van der Waals surface area contributed by atoms with Crippen molar-refractivity contribution in [3.05, 3.63) is 77.5 Å². The van der Waals surface area contributed by atoms with Crippen LogP contribution in [0.4, 0.5) is 18.9 Å². The Labute approximate surface area is 198 Å². The number of halogens is 3. The maximum Gasteiger partial charge on any atom is 0.274 e. The van der Waals surface area contributed by atoms with Crippen LogP contribution in [0.2, 0.25) is 0 Å². The number of hydrogen-bond donors (Lipinski definition) is 3. The third-order valence-corrected chi connectivity index (χ3v) is 6.67. The molecular weight excluding hydrogens is 463 g/mol. The standard InChI is InChI=1S/C25H22F3N3O4/c26-14-3-1-4-15(27)22(14)23-16(28)6-7-17(30-23)24(33)31-18-12-29-10-8-13(18)19-11-20(32)25(34)9-2-5-21(25)35-19/h1,3-4,6-8,10,12,19-21,32,34H,2,5,9,11H2,(H,31,33)/t19-,20-,21-,25+/m0/s1. The number of carbonyl (C=O) groups excluding carboxylic acids is 1. The molecule has 3 N–H and O–H groups in total. The van der Waals surface area contributed by atoms with Gasteiger partial charge in [0.2, 0.25) is 0 Å². The highest BCUT2D eigenvalue weighted by molar-refractivity contribution is 6.03. The van der Waals surface area contributed by atoms with E-state index in [1.165, 1.54) is 12.4 Å². The van der Waals surface area contributed by atoms with Gasteiger partial charge in [0, 0.05) is 18.2 Å². The fourth-order valence-electron chi connectivity index (χ4n) is 4.85. The van der Waals surface area contributed by atoms with Crippen LogP contribution in [0.5, 0.6) is 0 Å². The van der Waals surface area contributed by atoms with Gasteiger partial charge in [0.15, 0.2) is 0 Å². The number of nitrogens with zero attached hydrogens (tertiary/aromatic N) is 2. The van der Waals surface area contributed by atoms with Gasteiger partial charge in [-0.1, -0.05) is 6.07 Å². The van der Waals surface area contributed by atoms with Crippen LogP contribution in [0.3, 0.4) is 0 Å². The number of pyridine rings is 2. The number of aliphatic hydroxyl groups is 2. The second-order valence-corrected chi connectivity index (χ2v) is 8.79. The molecule has 3 heterocycles. The van der Waals surface area contributed by atoms with Crippen molar-refractivity contribution in [2.24, 2.45) is 0 Å². The lowest BCUT2D eigenvalue weighted by Crippen LogP contribution is -2.54. The number of nitrogens with one attached hydrogen (secondary N) is 1. The number of anilines is 1. The summed E-state index contributed by atoms with van der Waals surface area (Å²) in [4.78, 5) is 20.9. The van der Waals surface area contributed by atoms with Crippen molar-refractivity contribution in [3.8, 4) is 11.3 Å². The summed E-state index contributed by atoms with van der Waals surface area (Å²) in [6, 6.07) is 6.72. The van der Waals surface area contributed by atoms with Gasteiger partial charge in [0.05, 0.1) is 35.8 Å². The van der Waals surface area contributed by atoms with Crippen molar-refractivity contribution in [3.63, 3.8) is 0 Å². The minimum Gasteiger partial charge on any atom is -0.390 e. The molecule has 1 aliphatic heterocycles. The van der Waals surface area contributed by atoms with E-state index in [-0.39, 0.29) is 17.8 Å². The third-order valence-electron chi connectivity index (χ3n) is 6.67. The molecular formula is C25H22F3N3O4. The first-order valence-corrected chi connectivity index (χ1v) is 11.2. The van der Waals surface area contributed by atoms with Crippen LogP contribution in [0.25, 0.3) is 11.3 Å². The average molecular weight is 485 g/mol. The van der Waals surface area contributed by atoms with Crippen LogP contribution in [0, 0.1) is 17.5 Å². The Bertz CT molecular complexity index is 1270. The Hall–Kier alpha value is -3.34. The fourth-order valence-corrected chi connectivity index (χ4v) is 4.85. The molecule has 182 valence electrons. The van der Waals surface area contributed by atoms with E-state index in [0.717, 1.165) is 36.8 Å². The molecule has 4 atom stereocenters. The predicted octanol–water partition coefficient (Wildman–Crippen LogP) is 3.92. The molecule has 7 nitrogen and oxygen atoms in total. The number of ether oxygens (including phenoxy) is 1. The average Bonchev–Trinajstić information content (AvgIpc) is 3.22. The molecule has 0 radical (unpaired) electrons. The molecule has 1 aromatic carbocycles. The number of fused-ring (bicyclic) bond motifs is 1. The van der Waals surface area contributed by atoms with Gasteiger partial charge in [-0.25, -0.2) is 18.2 Å². The number of carbonyl (C=O) groups is 1. The maximum atomic E-state index is 14.4. The van der Waals surface area contributed by atoms with E-state index in [1.54, 1.807) is 6.07 Å².